The average molecular weight is 334 g/mol. The van der Waals surface area contributed by atoms with Crippen molar-refractivity contribution in [2.45, 2.75) is 31.1 Å². The molecule has 0 aromatic rings. The van der Waals surface area contributed by atoms with Crippen LogP contribution in [0.1, 0.15) is 19.8 Å². The number of rotatable bonds is 4. The second kappa shape index (κ2) is 5.32. The van der Waals surface area contributed by atoms with Gasteiger partial charge >= 0.3 is 0 Å². The van der Waals surface area contributed by atoms with Crippen molar-refractivity contribution in [3.05, 3.63) is 0 Å². The van der Waals surface area contributed by atoms with E-state index in [2.05, 4.69) is 20.7 Å². The molecule has 1 fully saturated rings. The topological polar surface area (TPSA) is 80.3 Å². The third-order valence-corrected chi connectivity index (χ3v) is 7.30. The predicted molar refractivity (Wildman–Crippen MR) is 67.0 cm³/mol. The third-order valence-electron chi connectivity index (χ3n) is 2.54. The van der Waals surface area contributed by atoms with Crippen LogP contribution in [-0.4, -0.2) is 45.0 Å². The quantitative estimate of drug-likeness (QED) is 0.748. The highest BCUT2D eigenvalue weighted by atomic mass is 79.9. The first-order chi connectivity index (χ1) is 7.27. The lowest BCUT2D eigenvalue weighted by molar-refractivity contribution is 0.536. The van der Waals surface area contributed by atoms with E-state index < -0.39 is 25.1 Å². The van der Waals surface area contributed by atoms with E-state index in [1.165, 1.54) is 0 Å². The fourth-order valence-electron chi connectivity index (χ4n) is 1.59. The minimum absolute atomic E-state index is 0.0265. The molecular formula is C8H16BrNO4S2. The van der Waals surface area contributed by atoms with Crippen LogP contribution in [0, 0.1) is 0 Å². The van der Waals surface area contributed by atoms with Gasteiger partial charge in [0.25, 0.3) is 0 Å². The van der Waals surface area contributed by atoms with Crippen LogP contribution in [0.2, 0.25) is 0 Å². The molecule has 1 aliphatic heterocycles. The molecule has 1 rings (SSSR count). The van der Waals surface area contributed by atoms with Crippen molar-refractivity contribution in [1.29, 1.82) is 0 Å². The van der Waals surface area contributed by atoms with Crippen LogP contribution in [0.15, 0.2) is 0 Å². The molecule has 0 amide bonds. The molecular weight excluding hydrogens is 318 g/mol. The summed E-state index contributed by atoms with van der Waals surface area (Å²) in [6, 6.07) is -0.177. The van der Waals surface area contributed by atoms with Crippen LogP contribution in [0.5, 0.6) is 0 Å². The Morgan fingerprint density at radius 2 is 1.88 bits per heavy atom. The Hall–Kier alpha value is 0.340. The molecule has 5 nitrogen and oxygen atoms in total. The molecule has 8 heteroatoms. The van der Waals surface area contributed by atoms with E-state index in [0.717, 1.165) is 0 Å². The van der Waals surface area contributed by atoms with E-state index in [0.29, 0.717) is 5.33 Å². The molecule has 1 aliphatic rings. The second-order valence-electron chi connectivity index (χ2n) is 4.07. The molecule has 1 heterocycles. The zero-order valence-electron chi connectivity index (χ0n) is 9.02. The monoisotopic (exact) mass is 333 g/mol. The lowest BCUT2D eigenvalue weighted by atomic mass is 10.2. The van der Waals surface area contributed by atoms with Gasteiger partial charge in [-0.1, -0.05) is 15.9 Å². The Morgan fingerprint density at radius 3 is 2.31 bits per heavy atom. The molecule has 96 valence electrons. The van der Waals surface area contributed by atoms with Crippen molar-refractivity contribution >= 4 is 35.8 Å². The molecule has 0 aromatic carbocycles. The highest BCUT2D eigenvalue weighted by Crippen LogP contribution is 2.19. The summed E-state index contributed by atoms with van der Waals surface area (Å²) in [5.74, 6) is -0.0530. The maximum atomic E-state index is 11.8. The normalized spacial score (nSPS) is 24.1. The summed E-state index contributed by atoms with van der Waals surface area (Å²) in [7, 11) is -6.40. The Balaban J connectivity index is 2.65. The van der Waals surface area contributed by atoms with Crippen LogP contribution >= 0.6 is 15.9 Å². The highest BCUT2D eigenvalue weighted by molar-refractivity contribution is 9.09. The number of nitrogens with one attached hydrogen (secondary N) is 1. The van der Waals surface area contributed by atoms with Crippen LogP contribution < -0.4 is 4.72 Å². The smallest absolute Gasteiger partial charge is 0.214 e. The van der Waals surface area contributed by atoms with Gasteiger partial charge in [-0.3, -0.25) is 0 Å². The summed E-state index contributed by atoms with van der Waals surface area (Å²) in [5.41, 5.74) is 0. The van der Waals surface area contributed by atoms with E-state index in [4.69, 9.17) is 0 Å². The standard InChI is InChI=1S/C8H16BrNO4S2/c1-7(6-9)10-16(13,14)8-2-4-15(11,12)5-3-8/h7-8,10H,2-6H2,1H3. The SMILES string of the molecule is CC(CBr)NS(=O)(=O)C1CCS(=O)(=O)CC1. The highest BCUT2D eigenvalue weighted by Gasteiger charge is 2.33. The summed E-state index contributed by atoms with van der Waals surface area (Å²) >= 11 is 3.19. The van der Waals surface area contributed by atoms with Gasteiger partial charge in [-0.15, -0.1) is 0 Å². The van der Waals surface area contributed by atoms with Gasteiger partial charge in [0.05, 0.1) is 16.8 Å². The molecule has 0 saturated carbocycles. The molecule has 1 unspecified atom stereocenters. The van der Waals surface area contributed by atoms with E-state index in [1.54, 1.807) is 6.92 Å². The first kappa shape index (κ1) is 14.4. The van der Waals surface area contributed by atoms with E-state index in [-0.39, 0.29) is 30.4 Å². The van der Waals surface area contributed by atoms with E-state index in [1.807, 2.05) is 0 Å². The maximum absolute atomic E-state index is 11.8. The number of hydrogen-bond donors (Lipinski definition) is 1. The van der Waals surface area contributed by atoms with Gasteiger partial charge in [-0.2, -0.15) is 0 Å². The predicted octanol–water partition coefficient (Wildman–Crippen LogP) is 0.266. The summed E-state index contributed by atoms with van der Waals surface area (Å²) < 4.78 is 48.6. The van der Waals surface area contributed by atoms with Crippen molar-refractivity contribution in [2.75, 3.05) is 16.8 Å². The molecule has 1 N–H and O–H groups in total. The lowest BCUT2D eigenvalue weighted by Crippen LogP contribution is -2.43. The lowest BCUT2D eigenvalue weighted by Gasteiger charge is -2.23. The summed E-state index contributed by atoms with van der Waals surface area (Å²) in [5, 5.41) is -0.0328. The zero-order chi connectivity index (χ0) is 12.4. The Labute approximate surface area is 105 Å². The molecule has 0 radical (unpaired) electrons. The van der Waals surface area contributed by atoms with Crippen molar-refractivity contribution < 1.29 is 16.8 Å². The largest absolute Gasteiger partial charge is 0.229 e. The van der Waals surface area contributed by atoms with E-state index in [9.17, 15) is 16.8 Å². The minimum atomic E-state index is -3.39. The maximum Gasteiger partial charge on any atom is 0.214 e. The molecule has 0 aliphatic carbocycles. The van der Waals surface area contributed by atoms with Gasteiger partial charge in [-0.25, -0.2) is 21.6 Å². The average Bonchev–Trinajstić information content (AvgIpc) is 2.16. The van der Waals surface area contributed by atoms with E-state index >= 15 is 0 Å². The second-order valence-corrected chi connectivity index (χ2v) is 9.01. The van der Waals surface area contributed by atoms with Gasteiger partial charge in [0.1, 0.15) is 9.84 Å². The fraction of sp³-hybridized carbons (Fsp3) is 1.00. The van der Waals surface area contributed by atoms with Gasteiger partial charge in [0.15, 0.2) is 0 Å². The van der Waals surface area contributed by atoms with Crippen LogP contribution in [0.4, 0.5) is 0 Å². The first-order valence-electron chi connectivity index (χ1n) is 5.04. The molecule has 1 atom stereocenters. The molecule has 0 bridgehead atoms. The Kier molecular flexibility index (Phi) is 4.79. The number of alkyl halides is 1. The fourth-order valence-corrected chi connectivity index (χ4v) is 5.45. The van der Waals surface area contributed by atoms with Crippen LogP contribution in [-0.2, 0) is 19.9 Å². The Morgan fingerprint density at radius 1 is 1.38 bits per heavy atom. The molecule has 1 saturated heterocycles. The summed E-state index contributed by atoms with van der Waals surface area (Å²) in [6.45, 7) is 1.76. The van der Waals surface area contributed by atoms with Crippen molar-refractivity contribution in [1.82, 2.24) is 4.72 Å². The van der Waals surface area contributed by atoms with Crippen LogP contribution in [0.3, 0.4) is 0 Å². The van der Waals surface area contributed by atoms with Crippen LogP contribution in [0.25, 0.3) is 0 Å². The van der Waals surface area contributed by atoms with Crippen molar-refractivity contribution in [2.24, 2.45) is 0 Å². The van der Waals surface area contributed by atoms with Crippen molar-refractivity contribution in [3.8, 4) is 0 Å². The third kappa shape index (κ3) is 3.97. The number of halogens is 1. The number of sulfonamides is 1. The van der Waals surface area contributed by atoms with Gasteiger partial charge in [-0.05, 0) is 19.8 Å². The molecule has 0 spiro atoms. The van der Waals surface area contributed by atoms with Gasteiger partial charge < -0.3 is 0 Å². The Bertz CT molecular complexity index is 417. The van der Waals surface area contributed by atoms with Crippen molar-refractivity contribution in [3.63, 3.8) is 0 Å². The zero-order valence-corrected chi connectivity index (χ0v) is 12.2. The minimum Gasteiger partial charge on any atom is -0.229 e. The summed E-state index contributed by atoms with van der Waals surface area (Å²) in [6.07, 6.45) is 0.402. The first-order valence-corrected chi connectivity index (χ1v) is 9.53. The molecule has 16 heavy (non-hydrogen) atoms. The van der Waals surface area contributed by atoms with Gasteiger partial charge in [0.2, 0.25) is 10.0 Å². The summed E-state index contributed by atoms with van der Waals surface area (Å²) in [4.78, 5) is 0. The number of hydrogen-bond acceptors (Lipinski definition) is 4. The number of sulfone groups is 1. The molecule has 0 aromatic heterocycles. The van der Waals surface area contributed by atoms with Gasteiger partial charge in [0, 0.05) is 11.4 Å².